The van der Waals surface area contributed by atoms with Gasteiger partial charge in [-0.05, 0) is 29.8 Å². The SMILES string of the molecule is CN(C)c1ccc(/C=C2\SC(=S)N(c3ccccc3)C2=O)cc1[N+](=O)[O-]. The minimum Gasteiger partial charge on any atom is -0.372 e. The van der Waals surface area contributed by atoms with Crippen molar-refractivity contribution < 1.29 is 9.72 Å². The Morgan fingerprint density at radius 3 is 2.50 bits per heavy atom. The molecular weight excluding hydrogens is 370 g/mol. The Hall–Kier alpha value is -2.71. The lowest BCUT2D eigenvalue weighted by molar-refractivity contribution is -0.384. The van der Waals surface area contributed by atoms with Crippen molar-refractivity contribution in [3.05, 3.63) is 69.1 Å². The Balaban J connectivity index is 1.96. The number of nitrogens with zero attached hydrogens (tertiary/aromatic N) is 3. The molecule has 0 spiro atoms. The van der Waals surface area contributed by atoms with Crippen molar-refractivity contribution in [3.8, 4) is 0 Å². The van der Waals surface area contributed by atoms with Crippen molar-refractivity contribution in [2.75, 3.05) is 23.9 Å². The Bertz CT molecular complexity index is 927. The molecule has 8 heteroatoms. The lowest BCUT2D eigenvalue weighted by Gasteiger charge is -2.14. The first kappa shape index (κ1) is 18.1. The number of thioether (sulfide) groups is 1. The van der Waals surface area contributed by atoms with Crippen molar-refractivity contribution in [1.82, 2.24) is 0 Å². The van der Waals surface area contributed by atoms with Crippen LogP contribution in [0.15, 0.2) is 53.4 Å². The van der Waals surface area contributed by atoms with Gasteiger partial charge in [0.05, 0.1) is 15.5 Å². The zero-order chi connectivity index (χ0) is 18.8. The highest BCUT2D eigenvalue weighted by molar-refractivity contribution is 8.27. The molecule has 1 saturated heterocycles. The molecule has 3 rings (SSSR count). The molecule has 26 heavy (non-hydrogen) atoms. The van der Waals surface area contributed by atoms with Gasteiger partial charge >= 0.3 is 0 Å². The van der Waals surface area contributed by atoms with Crippen molar-refractivity contribution in [2.24, 2.45) is 0 Å². The number of benzene rings is 2. The van der Waals surface area contributed by atoms with Gasteiger partial charge in [-0.2, -0.15) is 0 Å². The van der Waals surface area contributed by atoms with Gasteiger partial charge in [0.15, 0.2) is 4.32 Å². The minimum atomic E-state index is -0.429. The van der Waals surface area contributed by atoms with E-state index in [9.17, 15) is 14.9 Å². The highest BCUT2D eigenvalue weighted by atomic mass is 32.2. The van der Waals surface area contributed by atoms with Crippen molar-refractivity contribution in [3.63, 3.8) is 0 Å². The predicted molar refractivity (Wildman–Crippen MR) is 110 cm³/mol. The highest BCUT2D eigenvalue weighted by Gasteiger charge is 2.33. The number of hydrogen-bond acceptors (Lipinski definition) is 6. The number of rotatable bonds is 4. The van der Waals surface area contributed by atoms with E-state index in [1.165, 1.54) is 22.7 Å². The largest absolute Gasteiger partial charge is 0.372 e. The fourth-order valence-electron chi connectivity index (χ4n) is 2.57. The summed E-state index contributed by atoms with van der Waals surface area (Å²) in [5.74, 6) is -0.231. The molecule has 6 nitrogen and oxygen atoms in total. The molecule has 0 saturated carbocycles. The van der Waals surface area contributed by atoms with Crippen molar-refractivity contribution in [2.45, 2.75) is 0 Å². The van der Waals surface area contributed by atoms with E-state index in [4.69, 9.17) is 12.2 Å². The van der Waals surface area contributed by atoms with Crippen LogP contribution in [0.5, 0.6) is 0 Å². The van der Waals surface area contributed by atoms with Gasteiger partial charge in [0, 0.05) is 20.2 Å². The third-order valence-corrected chi connectivity index (χ3v) is 5.09. The quantitative estimate of drug-likeness (QED) is 0.342. The predicted octanol–water partition coefficient (Wildman–Crippen LogP) is 4.07. The third-order valence-electron chi connectivity index (χ3n) is 3.78. The molecular formula is C18H15N3O3S2. The van der Waals surface area contributed by atoms with Gasteiger partial charge in [-0.25, -0.2) is 0 Å². The van der Waals surface area contributed by atoms with E-state index in [1.807, 2.05) is 30.3 Å². The Kier molecular flexibility index (Phi) is 5.06. The molecule has 0 aliphatic carbocycles. The van der Waals surface area contributed by atoms with Crippen LogP contribution >= 0.6 is 24.0 Å². The first-order chi connectivity index (χ1) is 12.4. The van der Waals surface area contributed by atoms with Gasteiger partial charge in [0.2, 0.25) is 0 Å². The average Bonchev–Trinajstić information content (AvgIpc) is 2.89. The maximum atomic E-state index is 12.7. The van der Waals surface area contributed by atoms with Crippen LogP contribution in [0.1, 0.15) is 5.56 Å². The minimum absolute atomic E-state index is 0.0118. The van der Waals surface area contributed by atoms with Gasteiger partial charge in [0.25, 0.3) is 11.6 Å². The molecule has 0 unspecified atom stereocenters. The summed E-state index contributed by atoms with van der Waals surface area (Å²) in [6, 6.07) is 14.0. The summed E-state index contributed by atoms with van der Waals surface area (Å²) in [5, 5.41) is 11.3. The van der Waals surface area contributed by atoms with Gasteiger partial charge < -0.3 is 4.90 Å². The summed E-state index contributed by atoms with van der Waals surface area (Å²) < 4.78 is 0.437. The molecule has 0 bridgehead atoms. The molecule has 0 aromatic heterocycles. The monoisotopic (exact) mass is 385 g/mol. The van der Waals surface area contributed by atoms with Crippen LogP contribution < -0.4 is 9.80 Å². The van der Waals surface area contributed by atoms with Crippen LogP contribution in [-0.4, -0.2) is 29.2 Å². The first-order valence-electron chi connectivity index (χ1n) is 7.67. The van der Waals surface area contributed by atoms with E-state index < -0.39 is 4.92 Å². The fraction of sp³-hybridized carbons (Fsp3) is 0.111. The molecule has 0 atom stereocenters. The summed E-state index contributed by atoms with van der Waals surface area (Å²) in [6.07, 6.45) is 1.63. The Morgan fingerprint density at radius 1 is 1.19 bits per heavy atom. The smallest absolute Gasteiger partial charge is 0.293 e. The number of nitro benzene ring substituents is 1. The molecule has 1 aliphatic rings. The summed E-state index contributed by atoms with van der Waals surface area (Å²) in [7, 11) is 3.49. The molecule has 1 fully saturated rings. The van der Waals surface area contributed by atoms with Gasteiger partial charge in [-0.15, -0.1) is 0 Å². The van der Waals surface area contributed by atoms with Gasteiger partial charge in [-0.3, -0.25) is 19.8 Å². The molecule has 1 heterocycles. The molecule has 132 valence electrons. The van der Waals surface area contributed by atoms with E-state index in [2.05, 4.69) is 0 Å². The topological polar surface area (TPSA) is 66.7 Å². The van der Waals surface area contributed by atoms with Crippen LogP contribution in [0.2, 0.25) is 0 Å². The number of nitro groups is 1. The second-order valence-corrected chi connectivity index (χ2v) is 7.43. The number of para-hydroxylation sites is 1. The van der Waals surface area contributed by atoms with Crippen LogP contribution in [-0.2, 0) is 4.79 Å². The number of amides is 1. The number of anilines is 2. The molecule has 2 aromatic rings. The molecule has 2 aromatic carbocycles. The van der Waals surface area contributed by atoms with Crippen LogP contribution in [0.4, 0.5) is 17.1 Å². The zero-order valence-corrected chi connectivity index (χ0v) is 15.7. The summed E-state index contributed by atoms with van der Waals surface area (Å²) >= 11 is 6.51. The van der Waals surface area contributed by atoms with Crippen LogP contribution in [0.25, 0.3) is 6.08 Å². The maximum absolute atomic E-state index is 12.7. The fourth-order valence-corrected chi connectivity index (χ4v) is 3.87. The molecule has 0 radical (unpaired) electrons. The Labute approximate surface area is 160 Å². The van der Waals surface area contributed by atoms with Crippen LogP contribution in [0, 0.1) is 10.1 Å². The van der Waals surface area contributed by atoms with E-state index in [-0.39, 0.29) is 11.6 Å². The normalized spacial score (nSPS) is 15.6. The van der Waals surface area contributed by atoms with Crippen LogP contribution in [0.3, 0.4) is 0 Å². The molecule has 0 N–H and O–H groups in total. The number of carbonyl (C=O) groups is 1. The third kappa shape index (κ3) is 3.47. The number of hydrogen-bond donors (Lipinski definition) is 0. The van der Waals surface area contributed by atoms with E-state index in [0.717, 1.165) is 0 Å². The molecule has 1 amide bonds. The lowest BCUT2D eigenvalue weighted by Crippen LogP contribution is -2.27. The van der Waals surface area contributed by atoms with Crippen molar-refractivity contribution >= 4 is 57.3 Å². The summed E-state index contributed by atoms with van der Waals surface area (Å²) in [6.45, 7) is 0. The number of carbonyl (C=O) groups excluding carboxylic acids is 1. The summed E-state index contributed by atoms with van der Waals surface area (Å²) in [4.78, 5) is 27.2. The van der Waals surface area contributed by atoms with E-state index in [0.29, 0.717) is 26.2 Å². The lowest BCUT2D eigenvalue weighted by atomic mass is 10.1. The Morgan fingerprint density at radius 2 is 1.88 bits per heavy atom. The average molecular weight is 385 g/mol. The zero-order valence-electron chi connectivity index (χ0n) is 14.1. The van der Waals surface area contributed by atoms with Crippen molar-refractivity contribution in [1.29, 1.82) is 0 Å². The first-order valence-corrected chi connectivity index (χ1v) is 8.89. The standard InChI is InChI=1S/C18H15N3O3S2/c1-19(2)14-9-8-12(10-15(14)21(23)24)11-16-17(22)20(18(25)26-16)13-6-4-3-5-7-13/h3-11H,1-2H3/b16-11-. The molecule has 1 aliphatic heterocycles. The van der Waals surface area contributed by atoms with Gasteiger partial charge in [-0.1, -0.05) is 48.2 Å². The van der Waals surface area contributed by atoms with E-state index >= 15 is 0 Å². The second-order valence-electron chi connectivity index (χ2n) is 5.75. The second kappa shape index (κ2) is 7.27. The highest BCUT2D eigenvalue weighted by Crippen LogP contribution is 2.37. The summed E-state index contributed by atoms with van der Waals surface area (Å²) in [5.41, 5.74) is 1.77. The van der Waals surface area contributed by atoms with Gasteiger partial charge in [0.1, 0.15) is 5.69 Å². The number of thiocarbonyl (C=S) groups is 1. The maximum Gasteiger partial charge on any atom is 0.293 e. The van der Waals surface area contributed by atoms with E-state index in [1.54, 1.807) is 37.2 Å².